The number of nitrogens with zero attached hydrogens (tertiary/aromatic N) is 4. The Bertz CT molecular complexity index is 829. The Kier molecular flexibility index (Phi) is 5.39. The van der Waals surface area contributed by atoms with Crippen LogP contribution in [0, 0.1) is 0 Å². The molecule has 7 nitrogen and oxygen atoms in total. The van der Waals surface area contributed by atoms with E-state index in [0.717, 1.165) is 5.56 Å². The van der Waals surface area contributed by atoms with Gasteiger partial charge < -0.3 is 10.2 Å². The van der Waals surface area contributed by atoms with E-state index in [0.29, 0.717) is 36.3 Å². The van der Waals surface area contributed by atoms with Crippen molar-refractivity contribution in [3.8, 4) is 0 Å². The van der Waals surface area contributed by atoms with E-state index in [1.54, 1.807) is 6.20 Å². The van der Waals surface area contributed by atoms with Crippen LogP contribution in [-0.2, 0) is 16.4 Å². The van der Waals surface area contributed by atoms with Gasteiger partial charge in [0.2, 0.25) is 5.95 Å². The lowest BCUT2D eigenvalue weighted by Gasteiger charge is -2.26. The zero-order valence-corrected chi connectivity index (χ0v) is 15.5. The van der Waals surface area contributed by atoms with Crippen LogP contribution in [0.15, 0.2) is 30.5 Å². The van der Waals surface area contributed by atoms with Crippen molar-refractivity contribution in [1.29, 1.82) is 0 Å². The molecule has 1 saturated heterocycles. The van der Waals surface area contributed by atoms with Gasteiger partial charge in [-0.25, -0.2) is 8.42 Å². The fraction of sp³-hybridized carbons (Fsp3) is 0.438. The molecule has 1 atom stereocenters. The van der Waals surface area contributed by atoms with Crippen LogP contribution in [0.25, 0.3) is 0 Å². The smallest absolute Gasteiger partial charge is 0.247 e. The highest BCUT2D eigenvalue weighted by atomic mass is 35.5. The molecule has 0 bridgehead atoms. The molecule has 0 saturated carbocycles. The number of halogens is 1. The zero-order valence-electron chi connectivity index (χ0n) is 13.9. The molecule has 9 heteroatoms. The lowest BCUT2D eigenvalue weighted by Crippen LogP contribution is -2.37. The zero-order chi connectivity index (χ0) is 17.9. The van der Waals surface area contributed by atoms with Gasteiger partial charge in [-0.05, 0) is 31.0 Å². The summed E-state index contributed by atoms with van der Waals surface area (Å²) in [6, 6.07) is 7.45. The second-order valence-corrected chi connectivity index (χ2v) is 8.63. The van der Waals surface area contributed by atoms with Crippen molar-refractivity contribution < 1.29 is 8.42 Å². The Labute approximate surface area is 152 Å². The molecule has 134 valence electrons. The van der Waals surface area contributed by atoms with Crippen LogP contribution in [0.5, 0.6) is 0 Å². The molecule has 25 heavy (non-hydrogen) atoms. The molecule has 2 aromatic rings. The van der Waals surface area contributed by atoms with E-state index in [2.05, 4.69) is 20.5 Å². The first-order chi connectivity index (χ1) is 12.0. The maximum absolute atomic E-state index is 11.7. The Morgan fingerprint density at radius 2 is 2.08 bits per heavy atom. The van der Waals surface area contributed by atoms with Crippen molar-refractivity contribution in [2.75, 3.05) is 28.3 Å². The number of rotatable bonds is 6. The highest BCUT2D eigenvalue weighted by Crippen LogP contribution is 2.22. The molecule has 2 heterocycles. The van der Waals surface area contributed by atoms with Gasteiger partial charge in [-0.2, -0.15) is 10.1 Å². The quantitative estimate of drug-likeness (QED) is 0.820. The van der Waals surface area contributed by atoms with Gasteiger partial charge >= 0.3 is 0 Å². The molecule has 3 rings (SSSR count). The van der Waals surface area contributed by atoms with Crippen molar-refractivity contribution in [2.24, 2.45) is 0 Å². The summed E-state index contributed by atoms with van der Waals surface area (Å²) in [6.45, 7) is 3.17. The van der Waals surface area contributed by atoms with Crippen molar-refractivity contribution >= 4 is 33.2 Å². The number of aromatic nitrogens is 3. The highest BCUT2D eigenvalue weighted by Gasteiger charge is 2.33. The van der Waals surface area contributed by atoms with Crippen LogP contribution in [0.4, 0.5) is 11.8 Å². The summed E-state index contributed by atoms with van der Waals surface area (Å²) in [5.74, 6) is 1.41. The third kappa shape index (κ3) is 4.58. The average Bonchev–Trinajstić information content (AvgIpc) is 2.95. The van der Waals surface area contributed by atoms with Gasteiger partial charge in [0.25, 0.3) is 0 Å². The van der Waals surface area contributed by atoms with Gasteiger partial charge in [0.15, 0.2) is 15.7 Å². The molecule has 1 aromatic heterocycles. The SMILES string of the molecule is CCN(c1nncc(NCc2ccc(Cl)cc2)n1)C1CCS(=O)(=O)C1. The largest absolute Gasteiger partial charge is 0.365 e. The third-order valence-corrected chi connectivity index (χ3v) is 6.18. The van der Waals surface area contributed by atoms with Gasteiger partial charge in [-0.15, -0.1) is 5.10 Å². The fourth-order valence-corrected chi connectivity index (χ4v) is 4.74. The molecule has 0 amide bonds. The Balaban J connectivity index is 1.70. The van der Waals surface area contributed by atoms with Gasteiger partial charge in [0.1, 0.15) is 0 Å². The average molecular weight is 382 g/mol. The predicted molar refractivity (Wildman–Crippen MR) is 98.7 cm³/mol. The number of anilines is 2. The van der Waals surface area contributed by atoms with Crippen LogP contribution in [0.1, 0.15) is 18.9 Å². The van der Waals surface area contributed by atoms with Crippen molar-refractivity contribution in [3.63, 3.8) is 0 Å². The van der Waals surface area contributed by atoms with E-state index in [4.69, 9.17) is 11.6 Å². The standard InChI is InChI=1S/C16H20ClN5O2S/c1-2-22(14-7-8-25(23,24)11-14)16-20-15(10-19-21-16)18-9-12-3-5-13(17)6-4-12/h3-6,10,14H,2,7-9,11H2,1H3,(H,18,20,21). The Morgan fingerprint density at radius 3 is 2.72 bits per heavy atom. The Morgan fingerprint density at radius 1 is 1.32 bits per heavy atom. The molecule has 1 unspecified atom stereocenters. The summed E-state index contributed by atoms with van der Waals surface area (Å²) in [4.78, 5) is 6.40. The van der Waals surface area contributed by atoms with Gasteiger partial charge in [0, 0.05) is 24.2 Å². The predicted octanol–water partition coefficient (Wildman–Crippen LogP) is 2.15. The van der Waals surface area contributed by atoms with E-state index in [1.807, 2.05) is 36.1 Å². The van der Waals surface area contributed by atoms with Crippen LogP contribution in [-0.4, -0.2) is 47.7 Å². The normalized spacial score (nSPS) is 18.9. The highest BCUT2D eigenvalue weighted by molar-refractivity contribution is 7.91. The summed E-state index contributed by atoms with van der Waals surface area (Å²) in [7, 11) is -2.96. The summed E-state index contributed by atoms with van der Waals surface area (Å²) in [5.41, 5.74) is 1.07. The van der Waals surface area contributed by atoms with E-state index in [-0.39, 0.29) is 17.5 Å². The second-order valence-electron chi connectivity index (χ2n) is 5.96. The molecule has 1 N–H and O–H groups in total. The van der Waals surface area contributed by atoms with Crippen molar-refractivity contribution in [3.05, 3.63) is 41.0 Å². The maximum atomic E-state index is 11.7. The minimum Gasteiger partial charge on any atom is -0.365 e. The van der Waals surface area contributed by atoms with Crippen LogP contribution in [0.3, 0.4) is 0 Å². The number of sulfone groups is 1. The molecule has 0 aliphatic carbocycles. The molecule has 1 aliphatic rings. The molecule has 0 spiro atoms. The number of hydrogen-bond donors (Lipinski definition) is 1. The summed E-state index contributed by atoms with van der Waals surface area (Å²) >= 11 is 5.88. The summed E-state index contributed by atoms with van der Waals surface area (Å²) < 4.78 is 23.5. The van der Waals surface area contributed by atoms with E-state index in [1.165, 1.54) is 0 Å². The van der Waals surface area contributed by atoms with Crippen molar-refractivity contribution in [1.82, 2.24) is 15.2 Å². The molecule has 1 aromatic carbocycles. The molecule has 0 radical (unpaired) electrons. The fourth-order valence-electron chi connectivity index (χ4n) is 2.88. The first-order valence-corrected chi connectivity index (χ1v) is 10.3. The van der Waals surface area contributed by atoms with Gasteiger partial charge in [-0.1, -0.05) is 23.7 Å². The van der Waals surface area contributed by atoms with E-state index in [9.17, 15) is 8.42 Å². The number of hydrogen-bond acceptors (Lipinski definition) is 7. The monoisotopic (exact) mass is 381 g/mol. The second kappa shape index (κ2) is 7.53. The topological polar surface area (TPSA) is 88.1 Å². The first-order valence-electron chi connectivity index (χ1n) is 8.12. The van der Waals surface area contributed by atoms with Gasteiger partial charge in [0.05, 0.1) is 17.7 Å². The number of benzene rings is 1. The lowest BCUT2D eigenvalue weighted by atomic mass is 10.2. The first kappa shape index (κ1) is 17.9. The van der Waals surface area contributed by atoms with Crippen LogP contribution in [0.2, 0.25) is 5.02 Å². The molecule has 1 fully saturated rings. The Hall–Kier alpha value is -1.93. The van der Waals surface area contributed by atoms with E-state index >= 15 is 0 Å². The van der Waals surface area contributed by atoms with Gasteiger partial charge in [-0.3, -0.25) is 0 Å². The van der Waals surface area contributed by atoms with Crippen LogP contribution >= 0.6 is 11.6 Å². The minimum absolute atomic E-state index is 0.0942. The molecular weight excluding hydrogens is 362 g/mol. The summed E-state index contributed by atoms with van der Waals surface area (Å²) in [6.07, 6.45) is 2.15. The minimum atomic E-state index is -2.96. The molecular formula is C16H20ClN5O2S. The third-order valence-electron chi connectivity index (χ3n) is 4.18. The summed E-state index contributed by atoms with van der Waals surface area (Å²) in [5, 5.41) is 12.0. The van der Waals surface area contributed by atoms with E-state index < -0.39 is 9.84 Å². The molecule has 1 aliphatic heterocycles. The number of nitrogens with one attached hydrogen (secondary N) is 1. The maximum Gasteiger partial charge on any atom is 0.247 e. The van der Waals surface area contributed by atoms with Crippen molar-refractivity contribution in [2.45, 2.75) is 25.9 Å². The van der Waals surface area contributed by atoms with Crippen LogP contribution < -0.4 is 10.2 Å². The lowest BCUT2D eigenvalue weighted by molar-refractivity contribution is 0.598.